The van der Waals surface area contributed by atoms with Gasteiger partial charge in [-0.05, 0) is 23.8 Å². The van der Waals surface area contributed by atoms with Gasteiger partial charge in [-0.3, -0.25) is 9.52 Å². The fraction of sp³-hybridized carbons (Fsp3) is 0.105. The Bertz CT molecular complexity index is 1440. The van der Waals surface area contributed by atoms with Gasteiger partial charge in [-0.15, -0.1) is 11.3 Å². The van der Waals surface area contributed by atoms with Crippen molar-refractivity contribution in [3.8, 4) is 17.3 Å². The van der Waals surface area contributed by atoms with E-state index in [0.29, 0.717) is 10.5 Å². The van der Waals surface area contributed by atoms with Crippen LogP contribution in [-0.4, -0.2) is 16.2 Å². The van der Waals surface area contributed by atoms with Crippen LogP contribution in [0.5, 0.6) is 0 Å². The number of nitrogens with one attached hydrogen (secondary N) is 1. The third-order valence-electron chi connectivity index (χ3n) is 4.59. The van der Waals surface area contributed by atoms with Crippen molar-refractivity contribution in [3.63, 3.8) is 0 Å². The van der Waals surface area contributed by atoms with E-state index in [1.807, 2.05) is 25.1 Å². The van der Waals surface area contributed by atoms with Gasteiger partial charge in [0.05, 0.1) is 27.2 Å². The minimum absolute atomic E-state index is 0.0324. The highest BCUT2D eigenvalue weighted by atomic mass is 32.1. The minimum atomic E-state index is -0.719. The van der Waals surface area contributed by atoms with Crippen molar-refractivity contribution in [2.75, 3.05) is 11.5 Å². The molecule has 30 heavy (non-hydrogen) atoms. The topological polar surface area (TPSA) is 174 Å². The second-order valence-corrected chi connectivity index (χ2v) is 7.47. The Balaban J connectivity index is 2.05. The number of aromatic amines is 1. The van der Waals surface area contributed by atoms with E-state index in [1.54, 1.807) is 12.1 Å². The van der Waals surface area contributed by atoms with Gasteiger partial charge >= 0.3 is 11.3 Å². The number of hydrogen-bond acceptors (Lipinski definition) is 9. The molecule has 3 heterocycles. The molecule has 11 heteroatoms. The van der Waals surface area contributed by atoms with E-state index in [1.165, 1.54) is 11.7 Å². The number of nitrogen functional groups attached to an aromatic ring is 2. The van der Waals surface area contributed by atoms with E-state index in [0.717, 1.165) is 16.9 Å². The van der Waals surface area contributed by atoms with Gasteiger partial charge in [-0.2, -0.15) is 5.26 Å². The summed E-state index contributed by atoms with van der Waals surface area (Å²) in [6.07, 6.45) is 0. The summed E-state index contributed by atoms with van der Waals surface area (Å²) in [4.78, 5) is 21.1. The molecule has 3 aromatic heterocycles. The molecule has 0 spiro atoms. The Hall–Kier alpha value is -4.17. The van der Waals surface area contributed by atoms with Crippen LogP contribution in [0.25, 0.3) is 21.5 Å². The van der Waals surface area contributed by atoms with Crippen LogP contribution in [0, 0.1) is 18.3 Å². The second-order valence-electron chi connectivity index (χ2n) is 6.48. The number of nitrogens with zero attached hydrogens (tertiary/aromatic N) is 4. The van der Waals surface area contributed by atoms with Crippen LogP contribution in [0.4, 0.5) is 17.2 Å². The molecule has 0 saturated carbocycles. The summed E-state index contributed by atoms with van der Waals surface area (Å²) < 4.78 is 6.11. The van der Waals surface area contributed by atoms with Crippen molar-refractivity contribution in [2.45, 2.75) is 6.92 Å². The lowest BCUT2D eigenvalue weighted by atomic mass is 10.0. The molecule has 0 saturated heterocycles. The molecule has 0 amide bonds. The lowest BCUT2D eigenvalue weighted by Crippen LogP contribution is -2.34. The second kappa shape index (κ2) is 7.02. The van der Waals surface area contributed by atoms with E-state index in [9.17, 15) is 15.2 Å². The highest BCUT2D eigenvalue weighted by Crippen LogP contribution is 2.41. The molecular weight excluding hydrogens is 406 g/mol. The third kappa shape index (κ3) is 2.87. The van der Waals surface area contributed by atoms with Crippen molar-refractivity contribution in [2.24, 2.45) is 12.0 Å². The van der Waals surface area contributed by atoms with E-state index < -0.39 is 11.5 Å². The Morgan fingerprint density at radius 3 is 2.77 bits per heavy atom. The van der Waals surface area contributed by atoms with Gasteiger partial charge in [0.15, 0.2) is 7.05 Å². The lowest BCUT2D eigenvalue weighted by molar-refractivity contribution is -0.730. The minimum Gasteiger partial charge on any atom is -0.858 e. The van der Waals surface area contributed by atoms with Crippen molar-refractivity contribution < 1.29 is 14.3 Å². The van der Waals surface area contributed by atoms with E-state index in [-0.39, 0.29) is 38.6 Å². The monoisotopic (exact) mass is 421 g/mol. The van der Waals surface area contributed by atoms with Gasteiger partial charge in [0, 0.05) is 5.90 Å². The molecule has 5 N–H and O–H groups in total. The van der Waals surface area contributed by atoms with Crippen LogP contribution >= 0.6 is 11.3 Å². The van der Waals surface area contributed by atoms with Gasteiger partial charge in [-0.1, -0.05) is 22.9 Å². The van der Waals surface area contributed by atoms with Crippen LogP contribution in [-0.2, 0) is 7.05 Å². The lowest BCUT2D eigenvalue weighted by Gasteiger charge is -2.10. The number of hydrogen-bond donors (Lipinski definition) is 3. The molecule has 0 aliphatic heterocycles. The Morgan fingerprint density at radius 2 is 2.13 bits per heavy atom. The summed E-state index contributed by atoms with van der Waals surface area (Å²) in [5, 5.41) is 25.2. The Kier molecular flexibility index (Phi) is 4.48. The number of nitriles is 1. The first-order valence-corrected chi connectivity index (χ1v) is 9.46. The predicted octanol–water partition coefficient (Wildman–Crippen LogP) is 0.852. The Labute approximate surface area is 173 Å². The molecule has 10 nitrogen and oxygen atoms in total. The number of aliphatic imine (C=N–C) groups is 1. The number of aryl methyl sites for hydroxylation is 2. The molecule has 1 aromatic carbocycles. The molecule has 0 fully saturated rings. The quantitative estimate of drug-likeness (QED) is 0.250. The number of para-hydroxylation sites is 1. The van der Waals surface area contributed by atoms with Crippen LogP contribution in [0.2, 0.25) is 0 Å². The van der Waals surface area contributed by atoms with Crippen molar-refractivity contribution in [3.05, 3.63) is 50.7 Å². The van der Waals surface area contributed by atoms with Crippen molar-refractivity contribution in [1.82, 2.24) is 10.3 Å². The number of fused-ring (bicyclic) bond motifs is 1. The molecule has 0 unspecified atom stereocenters. The predicted molar refractivity (Wildman–Crippen MR) is 110 cm³/mol. The zero-order valence-corrected chi connectivity index (χ0v) is 16.7. The smallest absolute Gasteiger partial charge is 0.435 e. The van der Waals surface area contributed by atoms with Crippen LogP contribution in [0.15, 0.2) is 38.6 Å². The molecule has 0 radical (unpaired) electrons. The standard InChI is InChI=1S/C19H15N7O3S/c1-8-5-3-4-6-10(8)23-17(27)15-13(21)12-11(14-19(28)29-25-26(14)2)9(7-20)16(22)24-18(12)30-15/h3-6H,1-2H3,(H5-,21,22,23,24,25,27,28). The number of nitrogens with two attached hydrogens (primary N) is 2. The van der Waals surface area contributed by atoms with Gasteiger partial charge in [0.25, 0.3) is 0 Å². The SMILES string of the molecule is Cc1ccccc1N=C([O-])c1sc2nc(N)c(C#N)c(-c3c(=O)o[nH][n+]3C)c2c1N. The van der Waals surface area contributed by atoms with Crippen molar-refractivity contribution >= 4 is 44.6 Å². The summed E-state index contributed by atoms with van der Waals surface area (Å²) >= 11 is 0.993. The Morgan fingerprint density at radius 1 is 1.40 bits per heavy atom. The largest absolute Gasteiger partial charge is 0.858 e. The molecule has 150 valence electrons. The normalized spacial score (nSPS) is 11.7. The van der Waals surface area contributed by atoms with E-state index >= 15 is 0 Å². The molecule has 0 bridgehead atoms. The van der Waals surface area contributed by atoms with E-state index in [4.69, 9.17) is 16.0 Å². The van der Waals surface area contributed by atoms with Gasteiger partial charge in [-0.25, -0.2) is 9.78 Å². The average Bonchev–Trinajstić information content (AvgIpc) is 3.21. The van der Waals surface area contributed by atoms with Gasteiger partial charge < -0.3 is 16.6 Å². The maximum absolute atomic E-state index is 12.9. The highest BCUT2D eigenvalue weighted by molar-refractivity contribution is 7.21. The summed E-state index contributed by atoms with van der Waals surface area (Å²) in [5.74, 6) is -0.644. The fourth-order valence-electron chi connectivity index (χ4n) is 3.14. The maximum Gasteiger partial charge on any atom is 0.435 e. The molecule has 0 aliphatic carbocycles. The number of H-pyrrole nitrogens is 1. The maximum atomic E-state index is 12.9. The summed E-state index contributed by atoms with van der Waals surface area (Å²) in [6.45, 7) is 1.84. The number of rotatable bonds is 3. The summed E-state index contributed by atoms with van der Waals surface area (Å²) in [7, 11) is 1.53. The average molecular weight is 421 g/mol. The molecule has 4 rings (SSSR count). The molecule has 0 atom stereocenters. The highest BCUT2D eigenvalue weighted by Gasteiger charge is 2.31. The first-order valence-electron chi connectivity index (χ1n) is 8.64. The van der Waals surface area contributed by atoms with Crippen molar-refractivity contribution in [1.29, 1.82) is 5.26 Å². The number of anilines is 2. The van der Waals surface area contributed by atoms with E-state index in [2.05, 4.69) is 15.2 Å². The zero-order valence-electron chi connectivity index (χ0n) is 15.9. The third-order valence-corrected chi connectivity index (χ3v) is 5.68. The summed E-state index contributed by atoms with van der Waals surface area (Å²) in [5.41, 5.74) is 13.1. The number of benzene rings is 1. The number of pyridine rings is 1. The zero-order chi connectivity index (χ0) is 21.6. The fourth-order valence-corrected chi connectivity index (χ4v) is 4.13. The van der Waals surface area contributed by atoms with Gasteiger partial charge in [0.2, 0.25) is 0 Å². The molecule has 4 aromatic rings. The van der Waals surface area contributed by atoms with Gasteiger partial charge in [0.1, 0.15) is 22.3 Å². The first kappa shape index (κ1) is 19.2. The first-order chi connectivity index (χ1) is 14.3. The number of aromatic nitrogens is 3. The number of thiophene rings is 1. The van der Waals surface area contributed by atoms with Crippen LogP contribution < -0.4 is 26.9 Å². The summed E-state index contributed by atoms with van der Waals surface area (Å²) in [6, 6.07) is 9.14. The molecule has 0 aliphatic rings. The van der Waals surface area contributed by atoms with Crippen LogP contribution in [0.1, 0.15) is 16.0 Å². The molecular formula is C19H15N7O3S. The van der Waals surface area contributed by atoms with Crippen LogP contribution in [0.3, 0.4) is 0 Å².